The molecule has 0 fully saturated rings. The van der Waals surface area contributed by atoms with Crippen LogP contribution in [0.25, 0.3) is 10.2 Å². The summed E-state index contributed by atoms with van der Waals surface area (Å²) in [4.78, 5) is 17.2. The predicted molar refractivity (Wildman–Crippen MR) is 105 cm³/mol. The Labute approximate surface area is 157 Å². The van der Waals surface area contributed by atoms with Gasteiger partial charge in [-0.15, -0.1) is 0 Å². The van der Waals surface area contributed by atoms with Crippen molar-refractivity contribution in [2.75, 3.05) is 10.8 Å². The van der Waals surface area contributed by atoms with Crippen LogP contribution in [0, 0.1) is 5.41 Å². The molecule has 0 aliphatic heterocycles. The molecule has 0 aliphatic rings. The number of carbonyl (C=O) groups is 1. The fourth-order valence-electron chi connectivity index (χ4n) is 2.31. The summed E-state index contributed by atoms with van der Waals surface area (Å²) >= 11 is 1.26. The highest BCUT2D eigenvalue weighted by molar-refractivity contribution is 7.93. The van der Waals surface area contributed by atoms with Crippen LogP contribution >= 0.6 is 11.3 Å². The quantitative estimate of drug-likeness (QED) is 0.660. The van der Waals surface area contributed by atoms with Crippen LogP contribution in [-0.4, -0.2) is 25.7 Å². The summed E-state index contributed by atoms with van der Waals surface area (Å²) in [5.74, 6) is -0.170. The van der Waals surface area contributed by atoms with E-state index in [2.05, 4.69) is 4.98 Å². The molecule has 3 aromatic rings. The largest absolute Gasteiger partial charge is 0.297 e. The van der Waals surface area contributed by atoms with E-state index in [1.54, 1.807) is 39.0 Å². The van der Waals surface area contributed by atoms with Crippen molar-refractivity contribution in [1.82, 2.24) is 4.98 Å². The highest BCUT2D eigenvalue weighted by Gasteiger charge is 2.33. The first-order valence-corrected chi connectivity index (χ1v) is 10.4. The van der Waals surface area contributed by atoms with Crippen molar-refractivity contribution < 1.29 is 13.2 Å². The third kappa shape index (κ3) is 3.64. The molecule has 0 atom stereocenters. The Balaban J connectivity index is 2.11. The second kappa shape index (κ2) is 6.81. The van der Waals surface area contributed by atoms with Gasteiger partial charge >= 0.3 is 0 Å². The van der Waals surface area contributed by atoms with Gasteiger partial charge in [-0.05, 0) is 24.3 Å². The highest BCUT2D eigenvalue weighted by Crippen LogP contribution is 2.33. The molecule has 0 saturated heterocycles. The van der Waals surface area contributed by atoms with Gasteiger partial charge in [0.05, 0.1) is 21.7 Å². The number of sulfonamides is 1. The van der Waals surface area contributed by atoms with E-state index in [-0.39, 0.29) is 17.2 Å². The lowest BCUT2D eigenvalue weighted by molar-refractivity contribution is -0.124. The molecule has 1 aromatic heterocycles. The molecule has 0 spiro atoms. The van der Waals surface area contributed by atoms with Gasteiger partial charge in [-0.25, -0.2) is 17.7 Å². The van der Waals surface area contributed by atoms with Crippen molar-refractivity contribution in [3.63, 3.8) is 0 Å². The maximum Gasteiger partial charge on any atom is 0.266 e. The first-order valence-electron chi connectivity index (χ1n) is 8.16. The lowest BCUT2D eigenvalue weighted by Gasteiger charge is -2.25. The third-order valence-corrected chi connectivity index (χ3v) is 6.88. The van der Waals surface area contributed by atoms with E-state index in [0.717, 1.165) is 9.01 Å². The maximum atomic E-state index is 13.2. The number of hydrogen-bond donors (Lipinski definition) is 0. The molecule has 5 nitrogen and oxygen atoms in total. The number of carbonyl (C=O) groups excluding carboxylic acids is 1. The van der Waals surface area contributed by atoms with Crippen LogP contribution < -0.4 is 4.31 Å². The molecule has 2 aromatic carbocycles. The van der Waals surface area contributed by atoms with Gasteiger partial charge < -0.3 is 0 Å². The summed E-state index contributed by atoms with van der Waals surface area (Å²) < 4.78 is 28.4. The lowest BCUT2D eigenvalue weighted by Crippen LogP contribution is -2.39. The minimum absolute atomic E-state index is 0.140. The lowest BCUT2D eigenvalue weighted by atomic mass is 9.91. The molecular formula is C19H20N2O3S2. The topological polar surface area (TPSA) is 67.3 Å². The smallest absolute Gasteiger partial charge is 0.266 e. The second-order valence-electron chi connectivity index (χ2n) is 6.96. The Morgan fingerprint density at radius 1 is 1.04 bits per heavy atom. The summed E-state index contributed by atoms with van der Waals surface area (Å²) in [6, 6.07) is 15.6. The fraction of sp³-hybridized carbons (Fsp3) is 0.263. The minimum Gasteiger partial charge on any atom is -0.297 e. The minimum atomic E-state index is -3.90. The van der Waals surface area contributed by atoms with Gasteiger partial charge in [0, 0.05) is 5.41 Å². The molecule has 0 saturated carbocycles. The van der Waals surface area contributed by atoms with Crippen molar-refractivity contribution in [2.24, 2.45) is 5.41 Å². The van der Waals surface area contributed by atoms with E-state index in [9.17, 15) is 13.2 Å². The Morgan fingerprint density at radius 3 is 2.27 bits per heavy atom. The van der Waals surface area contributed by atoms with Crippen LogP contribution in [0.1, 0.15) is 20.8 Å². The molecule has 0 bridgehead atoms. The number of fused-ring (bicyclic) bond motifs is 1. The molecule has 1 heterocycles. The van der Waals surface area contributed by atoms with Crippen molar-refractivity contribution in [1.29, 1.82) is 0 Å². The number of para-hydroxylation sites is 1. The molecule has 0 unspecified atom stereocenters. The fourth-order valence-corrected chi connectivity index (χ4v) is 4.88. The second-order valence-corrected chi connectivity index (χ2v) is 9.83. The standard InChI is InChI=1S/C19H20N2O3S2/c1-19(2,3)17(22)13-21(26(23,24)14-9-5-4-6-10-14)18-20-15-11-7-8-12-16(15)25-18/h4-12H,13H2,1-3H3. The molecule has 26 heavy (non-hydrogen) atoms. The van der Waals surface area contributed by atoms with Crippen LogP contribution in [0.3, 0.4) is 0 Å². The average molecular weight is 389 g/mol. The number of nitrogens with zero attached hydrogens (tertiary/aromatic N) is 2. The Hall–Kier alpha value is -2.25. The Bertz CT molecular complexity index is 1000. The molecular weight excluding hydrogens is 368 g/mol. The molecule has 136 valence electrons. The number of anilines is 1. The summed E-state index contributed by atoms with van der Waals surface area (Å²) in [6.07, 6.45) is 0. The number of benzene rings is 2. The van der Waals surface area contributed by atoms with Crippen LogP contribution in [0.15, 0.2) is 59.5 Å². The number of rotatable bonds is 5. The van der Waals surface area contributed by atoms with Crippen molar-refractivity contribution in [3.05, 3.63) is 54.6 Å². The summed E-state index contributed by atoms with van der Waals surface area (Å²) in [7, 11) is -3.90. The zero-order valence-corrected chi connectivity index (χ0v) is 16.5. The molecule has 0 aliphatic carbocycles. The first kappa shape index (κ1) is 18.5. The van der Waals surface area contributed by atoms with E-state index in [0.29, 0.717) is 10.6 Å². The van der Waals surface area contributed by atoms with Crippen LogP contribution in [0.2, 0.25) is 0 Å². The molecule has 3 rings (SSSR count). The summed E-state index contributed by atoms with van der Waals surface area (Å²) in [5.41, 5.74) is 0.0604. The highest BCUT2D eigenvalue weighted by atomic mass is 32.2. The van der Waals surface area contributed by atoms with E-state index in [1.165, 1.54) is 23.5 Å². The number of hydrogen-bond acceptors (Lipinski definition) is 5. The molecule has 0 amide bonds. The van der Waals surface area contributed by atoms with Gasteiger partial charge in [0.15, 0.2) is 5.78 Å². The SMILES string of the molecule is CC(C)(C)C(=O)CN(c1nc2ccccc2s1)S(=O)(=O)c1ccccc1. The Kier molecular flexibility index (Phi) is 4.86. The van der Waals surface area contributed by atoms with E-state index in [1.807, 2.05) is 24.3 Å². The van der Waals surface area contributed by atoms with Gasteiger partial charge in [0.2, 0.25) is 5.13 Å². The predicted octanol–water partition coefficient (Wildman–Crippen LogP) is 4.11. The van der Waals surface area contributed by atoms with Crippen LogP contribution in [-0.2, 0) is 14.8 Å². The van der Waals surface area contributed by atoms with E-state index in [4.69, 9.17) is 0 Å². The number of Topliss-reactive ketones (excluding diaryl/α,β-unsaturated/α-hetero) is 1. The zero-order valence-electron chi connectivity index (χ0n) is 14.8. The van der Waals surface area contributed by atoms with Crippen LogP contribution in [0.5, 0.6) is 0 Å². The number of aromatic nitrogens is 1. The number of ketones is 1. The van der Waals surface area contributed by atoms with Crippen molar-refractivity contribution in [2.45, 2.75) is 25.7 Å². The van der Waals surface area contributed by atoms with Gasteiger partial charge in [-0.2, -0.15) is 0 Å². The molecule has 0 radical (unpaired) electrons. The van der Waals surface area contributed by atoms with Gasteiger partial charge in [0.1, 0.15) is 0 Å². The summed E-state index contributed by atoms with van der Waals surface area (Å²) in [5, 5.41) is 0.299. The zero-order chi connectivity index (χ0) is 18.9. The van der Waals surface area contributed by atoms with Gasteiger partial charge in [0.25, 0.3) is 10.0 Å². The number of thiazole rings is 1. The molecule has 7 heteroatoms. The Morgan fingerprint density at radius 2 is 1.65 bits per heavy atom. The maximum absolute atomic E-state index is 13.2. The third-order valence-electron chi connectivity index (χ3n) is 3.95. The molecule has 0 N–H and O–H groups in total. The van der Waals surface area contributed by atoms with Crippen molar-refractivity contribution >= 4 is 42.5 Å². The normalized spacial score (nSPS) is 12.3. The van der Waals surface area contributed by atoms with Gasteiger partial charge in [-0.3, -0.25) is 4.79 Å². The summed E-state index contributed by atoms with van der Waals surface area (Å²) in [6.45, 7) is 5.09. The van der Waals surface area contributed by atoms with E-state index < -0.39 is 15.4 Å². The first-order chi connectivity index (χ1) is 12.2. The monoisotopic (exact) mass is 388 g/mol. The van der Waals surface area contributed by atoms with Gasteiger partial charge in [-0.1, -0.05) is 62.4 Å². The average Bonchev–Trinajstić information content (AvgIpc) is 3.02. The van der Waals surface area contributed by atoms with E-state index >= 15 is 0 Å². The van der Waals surface area contributed by atoms with Crippen LogP contribution in [0.4, 0.5) is 5.13 Å². The van der Waals surface area contributed by atoms with Crippen molar-refractivity contribution in [3.8, 4) is 0 Å².